The lowest BCUT2D eigenvalue weighted by molar-refractivity contribution is -0.143. The van der Waals surface area contributed by atoms with Gasteiger partial charge in [-0.3, -0.25) is 4.79 Å². The molecule has 0 radical (unpaired) electrons. The van der Waals surface area contributed by atoms with Crippen molar-refractivity contribution in [2.45, 2.75) is 23.3 Å². The van der Waals surface area contributed by atoms with E-state index in [0.717, 1.165) is 36.7 Å². The number of carboxylic acid groups (broad SMARTS) is 1. The monoisotopic (exact) mass is 273 g/mol. The molecule has 1 saturated carbocycles. The van der Waals surface area contributed by atoms with Gasteiger partial charge in [0.1, 0.15) is 5.54 Å². The second-order valence-corrected chi connectivity index (χ2v) is 5.53. The third-order valence-corrected chi connectivity index (χ3v) is 4.28. The van der Waals surface area contributed by atoms with Crippen molar-refractivity contribution in [3.8, 4) is 0 Å². The van der Waals surface area contributed by atoms with Crippen molar-refractivity contribution in [1.82, 2.24) is 0 Å². The fourth-order valence-electron chi connectivity index (χ4n) is 1.72. The van der Waals surface area contributed by atoms with Crippen LogP contribution in [0.25, 0.3) is 0 Å². The summed E-state index contributed by atoms with van der Waals surface area (Å²) in [6, 6.07) is 3.49. The molecule has 0 saturated heterocycles. The Bertz CT molecular complexity index is 479. The van der Waals surface area contributed by atoms with Gasteiger partial charge in [0.05, 0.1) is 0 Å². The third kappa shape index (κ3) is 2.64. The molecule has 1 aromatic carbocycles. The summed E-state index contributed by atoms with van der Waals surface area (Å²) in [6.07, 6.45) is 1.61. The predicted octanol–water partition coefficient (Wildman–Crippen LogP) is 2.25. The molecule has 0 bridgehead atoms. The van der Waals surface area contributed by atoms with E-state index in [0.29, 0.717) is 4.90 Å². The fourth-order valence-corrected chi connectivity index (χ4v) is 2.84. The lowest BCUT2D eigenvalue weighted by Gasteiger charge is -2.23. The Morgan fingerprint density at radius 1 is 1.44 bits per heavy atom. The average molecular weight is 273 g/mol. The number of aliphatic carboxylic acids is 1. The minimum absolute atomic E-state index is 0.0206. The summed E-state index contributed by atoms with van der Waals surface area (Å²) in [5.41, 5.74) is 4.59. The predicted molar refractivity (Wildman–Crippen MR) is 64.4 cm³/mol. The van der Waals surface area contributed by atoms with Crippen molar-refractivity contribution in [3.63, 3.8) is 0 Å². The van der Waals surface area contributed by atoms with E-state index in [-0.39, 0.29) is 11.7 Å². The maximum absolute atomic E-state index is 13.0. The van der Waals surface area contributed by atoms with Crippen LogP contribution in [0, 0.1) is 17.6 Å². The molecule has 3 nitrogen and oxygen atoms in total. The lowest BCUT2D eigenvalue weighted by Crippen LogP contribution is -2.52. The number of halogens is 2. The van der Waals surface area contributed by atoms with Crippen LogP contribution in [-0.4, -0.2) is 22.4 Å². The minimum atomic E-state index is -1.28. The third-order valence-electron chi connectivity index (χ3n) is 3.07. The highest BCUT2D eigenvalue weighted by atomic mass is 32.2. The molecule has 1 unspecified atom stereocenters. The molecule has 18 heavy (non-hydrogen) atoms. The highest BCUT2D eigenvalue weighted by Crippen LogP contribution is 2.41. The van der Waals surface area contributed by atoms with Gasteiger partial charge < -0.3 is 10.8 Å². The molecule has 98 valence electrons. The van der Waals surface area contributed by atoms with Gasteiger partial charge in [-0.15, -0.1) is 11.8 Å². The molecular weight excluding hydrogens is 260 g/mol. The smallest absolute Gasteiger partial charge is 0.324 e. The highest BCUT2D eigenvalue weighted by molar-refractivity contribution is 7.99. The van der Waals surface area contributed by atoms with Gasteiger partial charge in [0.25, 0.3) is 0 Å². The zero-order chi connectivity index (χ0) is 13.3. The van der Waals surface area contributed by atoms with Crippen LogP contribution < -0.4 is 5.73 Å². The van der Waals surface area contributed by atoms with E-state index >= 15 is 0 Å². The van der Waals surface area contributed by atoms with E-state index in [4.69, 9.17) is 10.8 Å². The molecule has 1 aliphatic carbocycles. The van der Waals surface area contributed by atoms with Crippen molar-refractivity contribution < 1.29 is 18.7 Å². The molecule has 0 spiro atoms. The van der Waals surface area contributed by atoms with Crippen LogP contribution in [0.15, 0.2) is 23.1 Å². The van der Waals surface area contributed by atoms with Crippen molar-refractivity contribution >= 4 is 17.7 Å². The summed E-state index contributed by atoms with van der Waals surface area (Å²) in [4.78, 5) is 11.7. The molecule has 0 aromatic heterocycles. The molecule has 0 heterocycles. The van der Waals surface area contributed by atoms with Crippen LogP contribution in [0.1, 0.15) is 12.8 Å². The Morgan fingerprint density at radius 2 is 2.11 bits per heavy atom. The van der Waals surface area contributed by atoms with Gasteiger partial charge in [0.2, 0.25) is 0 Å². The summed E-state index contributed by atoms with van der Waals surface area (Å²) in [5.74, 6) is -2.77. The van der Waals surface area contributed by atoms with Crippen LogP contribution >= 0.6 is 11.8 Å². The number of hydrogen-bond donors (Lipinski definition) is 2. The number of hydrogen-bond acceptors (Lipinski definition) is 3. The summed E-state index contributed by atoms with van der Waals surface area (Å²) in [7, 11) is 0. The van der Waals surface area contributed by atoms with E-state index in [2.05, 4.69) is 0 Å². The topological polar surface area (TPSA) is 63.3 Å². The molecule has 1 fully saturated rings. The molecule has 1 atom stereocenters. The first-order chi connectivity index (χ1) is 8.43. The fraction of sp³-hybridized carbons (Fsp3) is 0.417. The number of thioether (sulfide) groups is 1. The van der Waals surface area contributed by atoms with E-state index in [1.165, 1.54) is 6.07 Å². The van der Waals surface area contributed by atoms with Gasteiger partial charge >= 0.3 is 5.97 Å². The molecule has 0 amide bonds. The van der Waals surface area contributed by atoms with E-state index in [1.54, 1.807) is 0 Å². The Kier molecular flexibility index (Phi) is 3.59. The Balaban J connectivity index is 2.05. The van der Waals surface area contributed by atoms with Crippen LogP contribution in [0.2, 0.25) is 0 Å². The number of rotatable bonds is 5. The van der Waals surface area contributed by atoms with Crippen molar-refractivity contribution in [3.05, 3.63) is 29.8 Å². The first kappa shape index (κ1) is 13.3. The van der Waals surface area contributed by atoms with Crippen LogP contribution in [0.5, 0.6) is 0 Å². The SMILES string of the molecule is NC(CSc1ccc(F)c(F)c1)(C(=O)O)C1CC1. The van der Waals surface area contributed by atoms with E-state index in [9.17, 15) is 13.6 Å². The Labute approximate surface area is 107 Å². The van der Waals surface area contributed by atoms with Crippen molar-refractivity contribution in [2.24, 2.45) is 11.7 Å². The summed E-state index contributed by atoms with van der Waals surface area (Å²) in [6.45, 7) is 0. The first-order valence-corrected chi connectivity index (χ1v) is 6.52. The summed E-state index contributed by atoms with van der Waals surface area (Å²) >= 11 is 1.13. The van der Waals surface area contributed by atoms with Crippen LogP contribution in [0.4, 0.5) is 8.78 Å². The van der Waals surface area contributed by atoms with Crippen molar-refractivity contribution in [2.75, 3.05) is 5.75 Å². The van der Waals surface area contributed by atoms with Crippen LogP contribution in [0.3, 0.4) is 0 Å². The zero-order valence-corrected chi connectivity index (χ0v) is 10.3. The Hall–Kier alpha value is -1.14. The van der Waals surface area contributed by atoms with Gasteiger partial charge in [-0.2, -0.15) is 0 Å². The van der Waals surface area contributed by atoms with Gasteiger partial charge in [-0.1, -0.05) is 0 Å². The van der Waals surface area contributed by atoms with E-state index in [1.807, 2.05) is 0 Å². The van der Waals surface area contributed by atoms with Gasteiger partial charge in [-0.25, -0.2) is 8.78 Å². The second-order valence-electron chi connectivity index (χ2n) is 4.48. The highest BCUT2D eigenvalue weighted by Gasteiger charge is 2.48. The summed E-state index contributed by atoms with van der Waals surface area (Å²) < 4.78 is 25.7. The molecule has 0 aliphatic heterocycles. The number of nitrogens with two attached hydrogens (primary N) is 1. The normalized spacial score (nSPS) is 18.4. The van der Waals surface area contributed by atoms with Crippen molar-refractivity contribution in [1.29, 1.82) is 0 Å². The standard InChI is InChI=1S/C12H13F2NO2S/c13-9-4-3-8(5-10(9)14)18-6-12(15,11(16)17)7-1-2-7/h3-5,7H,1-2,6,15H2,(H,16,17). The molecular formula is C12H13F2NO2S. The molecule has 1 aliphatic rings. The molecule has 6 heteroatoms. The maximum Gasteiger partial charge on any atom is 0.324 e. The number of carbonyl (C=O) groups is 1. The van der Waals surface area contributed by atoms with Gasteiger partial charge in [-0.05, 0) is 37.0 Å². The maximum atomic E-state index is 13.0. The quantitative estimate of drug-likeness (QED) is 0.808. The minimum Gasteiger partial charge on any atom is -0.480 e. The second kappa shape index (κ2) is 4.85. The van der Waals surface area contributed by atoms with Crippen LogP contribution in [-0.2, 0) is 4.79 Å². The molecule has 3 N–H and O–H groups in total. The van der Waals surface area contributed by atoms with E-state index < -0.39 is 23.1 Å². The molecule has 2 rings (SSSR count). The first-order valence-electron chi connectivity index (χ1n) is 5.53. The molecule has 1 aromatic rings. The summed E-state index contributed by atoms with van der Waals surface area (Å²) in [5, 5.41) is 9.15. The van der Waals surface area contributed by atoms with Gasteiger partial charge in [0, 0.05) is 10.6 Å². The lowest BCUT2D eigenvalue weighted by atomic mass is 9.98. The largest absolute Gasteiger partial charge is 0.480 e. The number of benzene rings is 1. The van der Waals surface area contributed by atoms with Gasteiger partial charge in [0.15, 0.2) is 11.6 Å². The Morgan fingerprint density at radius 3 is 2.61 bits per heavy atom. The average Bonchev–Trinajstić information content (AvgIpc) is 3.14. The zero-order valence-electron chi connectivity index (χ0n) is 9.53. The number of carboxylic acids is 1.